The van der Waals surface area contributed by atoms with Crippen LogP contribution in [0.4, 0.5) is 0 Å². The maximum Gasteiger partial charge on any atom is 0.324 e. The number of carbonyl (C=O) groups is 1. The van der Waals surface area contributed by atoms with Crippen LogP contribution in [-0.4, -0.2) is 37.9 Å². The molecule has 0 fully saturated rings. The van der Waals surface area contributed by atoms with Crippen LogP contribution in [-0.2, 0) is 10.2 Å². The van der Waals surface area contributed by atoms with Gasteiger partial charge in [-0.05, 0) is 30.7 Å². The molecule has 5 nitrogen and oxygen atoms in total. The summed E-state index contributed by atoms with van der Waals surface area (Å²) < 4.78 is 10.9. The Hall–Kier alpha value is -1.75. The van der Waals surface area contributed by atoms with E-state index in [0.29, 0.717) is 5.75 Å². The first-order chi connectivity index (χ1) is 9.29. The number of benzene rings is 1. The van der Waals surface area contributed by atoms with Crippen LogP contribution in [0.25, 0.3) is 0 Å². The van der Waals surface area contributed by atoms with Gasteiger partial charge in [0.05, 0.1) is 7.11 Å². The monoisotopic (exact) mass is 281 g/mol. The Balaban J connectivity index is 2.97. The first kappa shape index (κ1) is 16.3. The van der Waals surface area contributed by atoms with E-state index in [1.54, 1.807) is 20.2 Å². The first-order valence-corrected chi connectivity index (χ1v) is 6.51. The summed E-state index contributed by atoms with van der Waals surface area (Å²) in [6.07, 6.45) is 0. The average Bonchev–Trinajstić information content (AvgIpc) is 2.38. The molecule has 0 saturated heterocycles. The van der Waals surface area contributed by atoms with Crippen molar-refractivity contribution >= 4 is 5.97 Å². The van der Waals surface area contributed by atoms with Crippen molar-refractivity contribution < 1.29 is 19.4 Å². The van der Waals surface area contributed by atoms with Crippen molar-refractivity contribution in [1.82, 2.24) is 5.32 Å². The van der Waals surface area contributed by atoms with Gasteiger partial charge < -0.3 is 19.9 Å². The number of ether oxygens (including phenoxy) is 2. The second kappa shape index (κ2) is 6.61. The molecule has 0 aliphatic carbocycles. The molecule has 0 saturated carbocycles. The highest BCUT2D eigenvalue weighted by Gasteiger charge is 2.22. The number of aliphatic carboxylic acids is 1. The zero-order chi connectivity index (χ0) is 15.3. The molecule has 0 aliphatic rings. The van der Waals surface area contributed by atoms with E-state index in [2.05, 4.69) is 26.1 Å². The second-order valence-electron chi connectivity index (χ2n) is 5.60. The Labute approximate surface area is 119 Å². The Bertz CT molecular complexity index is 465. The molecule has 1 rings (SSSR count). The van der Waals surface area contributed by atoms with Gasteiger partial charge in [-0.2, -0.15) is 0 Å². The minimum Gasteiger partial charge on any atom is -0.497 e. The molecular formula is C15H23NO4. The largest absolute Gasteiger partial charge is 0.497 e. The molecule has 0 amide bonds. The molecule has 1 unspecified atom stereocenters. The Morgan fingerprint density at radius 1 is 1.40 bits per heavy atom. The standard InChI is InChI=1S/C15H23NO4/c1-15(2,3)11-8-10(19-5)6-7-13(11)20-9-12(16-4)14(17)18/h6-8,12,16H,9H2,1-5H3,(H,17,18). The van der Waals surface area contributed by atoms with Gasteiger partial charge in [-0.15, -0.1) is 0 Å². The summed E-state index contributed by atoms with van der Waals surface area (Å²) in [6.45, 7) is 6.28. The molecule has 0 radical (unpaired) electrons. The third kappa shape index (κ3) is 4.13. The summed E-state index contributed by atoms with van der Waals surface area (Å²) in [5.74, 6) is 0.504. The predicted octanol–water partition coefficient (Wildman–Crippen LogP) is 2.04. The molecule has 0 aliphatic heterocycles. The van der Waals surface area contributed by atoms with E-state index < -0.39 is 12.0 Å². The third-order valence-electron chi connectivity index (χ3n) is 3.05. The van der Waals surface area contributed by atoms with Crippen molar-refractivity contribution in [1.29, 1.82) is 0 Å². The smallest absolute Gasteiger partial charge is 0.324 e. The van der Waals surface area contributed by atoms with Crippen molar-refractivity contribution in [2.24, 2.45) is 0 Å². The normalized spacial score (nSPS) is 12.8. The Morgan fingerprint density at radius 3 is 2.50 bits per heavy atom. The minimum atomic E-state index is -0.932. The average molecular weight is 281 g/mol. The van der Waals surface area contributed by atoms with Crippen molar-refractivity contribution in [3.8, 4) is 11.5 Å². The lowest BCUT2D eigenvalue weighted by atomic mass is 9.86. The summed E-state index contributed by atoms with van der Waals surface area (Å²) in [7, 11) is 3.21. The van der Waals surface area contributed by atoms with E-state index in [1.165, 1.54) is 0 Å². The molecule has 1 atom stereocenters. The number of nitrogens with one attached hydrogen (secondary N) is 1. The van der Waals surface area contributed by atoms with Gasteiger partial charge in [0.25, 0.3) is 0 Å². The van der Waals surface area contributed by atoms with Gasteiger partial charge in [0.1, 0.15) is 24.1 Å². The third-order valence-corrected chi connectivity index (χ3v) is 3.05. The molecule has 1 aromatic rings. The van der Waals surface area contributed by atoms with Crippen LogP contribution >= 0.6 is 0 Å². The Kier molecular flexibility index (Phi) is 5.39. The lowest BCUT2D eigenvalue weighted by molar-refractivity contribution is -0.140. The first-order valence-electron chi connectivity index (χ1n) is 6.51. The van der Waals surface area contributed by atoms with Gasteiger partial charge in [0, 0.05) is 5.56 Å². The zero-order valence-corrected chi connectivity index (χ0v) is 12.7. The molecule has 20 heavy (non-hydrogen) atoms. The van der Waals surface area contributed by atoms with Crippen LogP contribution in [0.3, 0.4) is 0 Å². The molecule has 112 valence electrons. The van der Waals surface area contributed by atoms with E-state index >= 15 is 0 Å². The van der Waals surface area contributed by atoms with Crippen molar-refractivity contribution in [2.45, 2.75) is 32.2 Å². The fraction of sp³-hybridized carbons (Fsp3) is 0.533. The number of methoxy groups -OCH3 is 1. The fourth-order valence-electron chi connectivity index (χ4n) is 1.80. The van der Waals surface area contributed by atoms with Crippen molar-refractivity contribution in [3.63, 3.8) is 0 Å². The minimum absolute atomic E-state index is 0.0707. The molecule has 1 aromatic carbocycles. The highest BCUT2D eigenvalue weighted by Crippen LogP contribution is 2.34. The highest BCUT2D eigenvalue weighted by molar-refractivity contribution is 5.73. The quantitative estimate of drug-likeness (QED) is 0.835. The number of carboxylic acids is 1. The maximum absolute atomic E-state index is 11.0. The van der Waals surface area contributed by atoms with Gasteiger partial charge in [0.2, 0.25) is 0 Å². The maximum atomic E-state index is 11.0. The van der Waals surface area contributed by atoms with E-state index in [-0.39, 0.29) is 12.0 Å². The van der Waals surface area contributed by atoms with Crippen LogP contribution < -0.4 is 14.8 Å². The van der Waals surface area contributed by atoms with E-state index in [0.717, 1.165) is 11.3 Å². The lowest BCUT2D eigenvalue weighted by Crippen LogP contribution is -2.39. The lowest BCUT2D eigenvalue weighted by Gasteiger charge is -2.24. The van der Waals surface area contributed by atoms with E-state index in [4.69, 9.17) is 14.6 Å². The number of hydrogen-bond donors (Lipinski definition) is 2. The summed E-state index contributed by atoms with van der Waals surface area (Å²) >= 11 is 0. The van der Waals surface area contributed by atoms with Gasteiger partial charge in [0.15, 0.2) is 0 Å². The topological polar surface area (TPSA) is 67.8 Å². The van der Waals surface area contributed by atoms with Gasteiger partial charge in [-0.25, -0.2) is 0 Å². The summed E-state index contributed by atoms with van der Waals surface area (Å²) in [5, 5.41) is 11.7. The van der Waals surface area contributed by atoms with E-state index in [1.807, 2.05) is 12.1 Å². The van der Waals surface area contributed by atoms with Crippen molar-refractivity contribution in [2.75, 3.05) is 20.8 Å². The molecule has 2 N–H and O–H groups in total. The van der Waals surface area contributed by atoms with Crippen LogP contribution in [0.5, 0.6) is 11.5 Å². The summed E-state index contributed by atoms with van der Waals surface area (Å²) in [4.78, 5) is 11.0. The van der Waals surface area contributed by atoms with Crippen LogP contribution in [0.1, 0.15) is 26.3 Å². The molecule has 0 aromatic heterocycles. The van der Waals surface area contributed by atoms with Gasteiger partial charge >= 0.3 is 5.97 Å². The SMILES string of the molecule is CNC(COc1ccc(OC)cc1C(C)(C)C)C(=O)O. The molecular weight excluding hydrogens is 258 g/mol. The van der Waals surface area contributed by atoms with Crippen LogP contribution in [0.2, 0.25) is 0 Å². The van der Waals surface area contributed by atoms with Gasteiger partial charge in [-0.1, -0.05) is 20.8 Å². The molecule has 5 heteroatoms. The number of hydrogen-bond acceptors (Lipinski definition) is 4. The zero-order valence-electron chi connectivity index (χ0n) is 12.7. The van der Waals surface area contributed by atoms with E-state index in [9.17, 15) is 4.79 Å². The fourth-order valence-corrected chi connectivity index (χ4v) is 1.80. The van der Waals surface area contributed by atoms with Gasteiger partial charge in [-0.3, -0.25) is 4.79 Å². The summed E-state index contributed by atoms with van der Waals surface area (Å²) in [6, 6.07) is 4.81. The van der Waals surface area contributed by atoms with Crippen molar-refractivity contribution in [3.05, 3.63) is 23.8 Å². The van der Waals surface area contributed by atoms with Crippen LogP contribution in [0, 0.1) is 0 Å². The number of likely N-dealkylation sites (N-methyl/N-ethyl adjacent to an activating group) is 1. The summed E-state index contributed by atoms with van der Waals surface area (Å²) in [5.41, 5.74) is 0.861. The number of carboxylic acid groups (broad SMARTS) is 1. The number of rotatable bonds is 6. The predicted molar refractivity (Wildman–Crippen MR) is 77.7 cm³/mol. The second-order valence-corrected chi connectivity index (χ2v) is 5.60. The van der Waals surface area contributed by atoms with Crippen LogP contribution in [0.15, 0.2) is 18.2 Å². The molecule has 0 spiro atoms. The Morgan fingerprint density at radius 2 is 2.05 bits per heavy atom. The molecule has 0 heterocycles. The highest BCUT2D eigenvalue weighted by atomic mass is 16.5. The molecule has 0 bridgehead atoms.